The lowest BCUT2D eigenvalue weighted by atomic mass is 9.77. The summed E-state index contributed by atoms with van der Waals surface area (Å²) in [7, 11) is 3.53. The Morgan fingerprint density at radius 1 is 1.13 bits per heavy atom. The number of nitrogens with one attached hydrogen (secondary N) is 2. The van der Waals surface area contributed by atoms with Gasteiger partial charge in [-0.15, -0.1) is 0 Å². The maximum atomic E-state index is 14.3. The minimum Gasteiger partial charge on any atom is -0.371 e. The molecule has 242 valence electrons. The molecule has 3 amide bonds. The molecule has 45 heavy (non-hydrogen) atoms. The van der Waals surface area contributed by atoms with E-state index in [0.717, 1.165) is 25.8 Å². The first kappa shape index (κ1) is 33.1. The third kappa shape index (κ3) is 6.81. The summed E-state index contributed by atoms with van der Waals surface area (Å²) in [6.07, 6.45) is 7.05. The van der Waals surface area contributed by atoms with E-state index >= 15 is 0 Å². The van der Waals surface area contributed by atoms with Crippen molar-refractivity contribution in [2.24, 2.45) is 23.7 Å². The van der Waals surface area contributed by atoms with Crippen molar-refractivity contribution >= 4 is 35.0 Å². The average Bonchev–Trinajstić information content (AvgIpc) is 3.51. The van der Waals surface area contributed by atoms with E-state index in [9.17, 15) is 18.8 Å². The molecular formula is C35H44ClFN4O4. The highest BCUT2D eigenvalue weighted by Crippen LogP contribution is 2.48. The zero-order valence-corrected chi connectivity index (χ0v) is 27.2. The fourth-order valence-corrected chi connectivity index (χ4v) is 7.55. The summed E-state index contributed by atoms with van der Waals surface area (Å²) in [5, 5.41) is 5.93. The number of amides is 3. The van der Waals surface area contributed by atoms with Crippen LogP contribution in [0.2, 0.25) is 5.02 Å². The number of ether oxygens (including phenoxy) is 1. The molecule has 5 rings (SSSR count). The molecule has 0 aromatic heterocycles. The predicted molar refractivity (Wildman–Crippen MR) is 173 cm³/mol. The second-order valence-electron chi connectivity index (χ2n) is 12.9. The quantitative estimate of drug-likeness (QED) is 0.327. The van der Waals surface area contributed by atoms with Gasteiger partial charge in [-0.3, -0.25) is 14.4 Å². The fraction of sp³-hybridized carbons (Fsp3) is 0.514. The van der Waals surface area contributed by atoms with Crippen LogP contribution in [0.15, 0.2) is 60.7 Å². The molecule has 1 aliphatic heterocycles. The van der Waals surface area contributed by atoms with E-state index < -0.39 is 35.2 Å². The number of benzene rings is 2. The van der Waals surface area contributed by atoms with Gasteiger partial charge in [-0.05, 0) is 62.0 Å². The summed E-state index contributed by atoms with van der Waals surface area (Å²) < 4.78 is 19.8. The number of fused-ring (bicyclic) bond motifs is 1. The summed E-state index contributed by atoms with van der Waals surface area (Å²) in [6.45, 7) is 6.19. The molecule has 2 aromatic carbocycles. The Kier molecular flexibility index (Phi) is 10.3. The van der Waals surface area contributed by atoms with Crippen LogP contribution in [0, 0.1) is 29.5 Å². The van der Waals surface area contributed by atoms with Crippen molar-refractivity contribution in [1.82, 2.24) is 15.1 Å². The minimum atomic E-state index is -1.32. The lowest BCUT2D eigenvalue weighted by Gasteiger charge is -2.38. The van der Waals surface area contributed by atoms with Crippen LogP contribution >= 0.6 is 11.6 Å². The number of halogens is 2. The molecule has 0 spiro atoms. The SMILES string of the molecule is COC12C=CC(C(=O)Nc3ccc(F)c(Cl)c3)C1C(=O)N(CCCN(C)Cc1ccccc1)C2C(=O)NC1CCCC(C)C1C. The summed E-state index contributed by atoms with van der Waals surface area (Å²) >= 11 is 5.93. The Morgan fingerprint density at radius 2 is 1.89 bits per heavy atom. The molecule has 2 aliphatic carbocycles. The van der Waals surface area contributed by atoms with Gasteiger partial charge < -0.3 is 25.2 Å². The molecule has 2 N–H and O–H groups in total. The van der Waals surface area contributed by atoms with Gasteiger partial charge in [0.25, 0.3) is 0 Å². The van der Waals surface area contributed by atoms with Crippen LogP contribution in [0.1, 0.15) is 45.1 Å². The van der Waals surface area contributed by atoms with Gasteiger partial charge in [0.15, 0.2) is 0 Å². The molecule has 7 atom stereocenters. The van der Waals surface area contributed by atoms with E-state index in [1.54, 1.807) is 17.1 Å². The molecular weight excluding hydrogens is 595 g/mol. The first-order valence-electron chi connectivity index (χ1n) is 15.9. The Bertz CT molecular complexity index is 1420. The summed E-state index contributed by atoms with van der Waals surface area (Å²) in [6, 6.07) is 13.1. The second kappa shape index (κ2) is 14.0. The molecule has 8 nitrogen and oxygen atoms in total. The van der Waals surface area contributed by atoms with Crippen molar-refractivity contribution in [1.29, 1.82) is 0 Å². The third-order valence-electron chi connectivity index (χ3n) is 10.1. The summed E-state index contributed by atoms with van der Waals surface area (Å²) in [5.74, 6) is -2.65. The first-order valence-corrected chi connectivity index (χ1v) is 16.3. The molecule has 1 saturated carbocycles. The number of rotatable bonds is 11. The van der Waals surface area contributed by atoms with Gasteiger partial charge in [-0.2, -0.15) is 0 Å². The Morgan fingerprint density at radius 3 is 2.60 bits per heavy atom. The van der Waals surface area contributed by atoms with Crippen LogP contribution in [-0.2, 0) is 25.7 Å². The zero-order chi connectivity index (χ0) is 32.3. The number of nitrogens with zero attached hydrogens (tertiary/aromatic N) is 2. The maximum Gasteiger partial charge on any atom is 0.246 e. The molecule has 10 heteroatoms. The summed E-state index contributed by atoms with van der Waals surface area (Å²) in [4.78, 5) is 45.9. The molecule has 3 aliphatic rings. The smallest absolute Gasteiger partial charge is 0.246 e. The Balaban J connectivity index is 1.37. The lowest BCUT2D eigenvalue weighted by molar-refractivity contribution is -0.139. The van der Waals surface area contributed by atoms with Gasteiger partial charge in [0.2, 0.25) is 17.7 Å². The van der Waals surface area contributed by atoms with Gasteiger partial charge in [-0.25, -0.2) is 4.39 Å². The topological polar surface area (TPSA) is 91.0 Å². The summed E-state index contributed by atoms with van der Waals surface area (Å²) in [5.41, 5.74) is 0.191. The highest BCUT2D eigenvalue weighted by atomic mass is 35.5. The highest BCUT2D eigenvalue weighted by Gasteiger charge is 2.66. The standard InChI is InChI=1S/C35H44ClFN4O4/c1-22-10-8-13-29(23(22)2)39-33(43)31-35(45-4)17-16-26(32(42)38-25-14-15-28(37)27(36)20-25)30(35)34(44)41(31)19-9-18-40(3)21-24-11-6-5-7-12-24/h5-7,11-12,14-17,20,22-23,26,29-31H,8-10,13,18-19,21H2,1-4H3,(H,38,42)(H,39,43). The number of carbonyl (C=O) groups excluding carboxylic acids is 3. The highest BCUT2D eigenvalue weighted by molar-refractivity contribution is 6.31. The van der Waals surface area contributed by atoms with E-state index in [-0.39, 0.29) is 22.9 Å². The van der Waals surface area contributed by atoms with Crippen LogP contribution in [0.25, 0.3) is 0 Å². The molecule has 2 aromatic rings. The monoisotopic (exact) mass is 638 g/mol. The van der Waals surface area contributed by atoms with E-state index in [1.807, 2.05) is 25.2 Å². The van der Waals surface area contributed by atoms with E-state index in [1.165, 1.54) is 30.9 Å². The van der Waals surface area contributed by atoms with Gasteiger partial charge >= 0.3 is 0 Å². The number of methoxy groups -OCH3 is 1. The first-order chi connectivity index (χ1) is 21.6. The molecule has 0 bridgehead atoms. The normalized spacial score (nSPS) is 29.2. The average molecular weight is 639 g/mol. The molecule has 1 saturated heterocycles. The predicted octanol–water partition coefficient (Wildman–Crippen LogP) is 5.28. The van der Waals surface area contributed by atoms with Crippen molar-refractivity contribution in [2.45, 2.75) is 63.8 Å². The molecule has 0 radical (unpaired) electrons. The van der Waals surface area contributed by atoms with Crippen molar-refractivity contribution in [2.75, 3.05) is 32.6 Å². The minimum absolute atomic E-state index is 0.00383. The Hall–Kier alpha value is -3.27. The lowest BCUT2D eigenvalue weighted by Crippen LogP contribution is -2.58. The molecule has 2 fully saturated rings. The number of hydrogen-bond acceptors (Lipinski definition) is 5. The van der Waals surface area contributed by atoms with E-state index in [0.29, 0.717) is 37.0 Å². The number of hydrogen-bond donors (Lipinski definition) is 2. The van der Waals surface area contributed by atoms with Crippen molar-refractivity contribution in [3.05, 3.63) is 77.1 Å². The number of likely N-dealkylation sites (tertiary alicyclic amines) is 1. The second-order valence-corrected chi connectivity index (χ2v) is 13.3. The van der Waals surface area contributed by atoms with Gasteiger partial charge in [0, 0.05) is 31.9 Å². The third-order valence-corrected chi connectivity index (χ3v) is 10.3. The van der Waals surface area contributed by atoms with Crippen molar-refractivity contribution in [3.63, 3.8) is 0 Å². The number of anilines is 1. The molecule has 7 unspecified atom stereocenters. The van der Waals surface area contributed by atoms with Crippen molar-refractivity contribution in [3.8, 4) is 0 Å². The zero-order valence-electron chi connectivity index (χ0n) is 26.5. The van der Waals surface area contributed by atoms with Crippen LogP contribution < -0.4 is 10.6 Å². The van der Waals surface area contributed by atoms with Crippen LogP contribution in [0.5, 0.6) is 0 Å². The largest absolute Gasteiger partial charge is 0.371 e. The van der Waals surface area contributed by atoms with Crippen LogP contribution in [-0.4, -0.2) is 72.5 Å². The van der Waals surface area contributed by atoms with E-state index in [4.69, 9.17) is 16.3 Å². The maximum absolute atomic E-state index is 14.3. The van der Waals surface area contributed by atoms with Crippen molar-refractivity contribution < 1.29 is 23.5 Å². The van der Waals surface area contributed by atoms with Crippen LogP contribution in [0.4, 0.5) is 10.1 Å². The van der Waals surface area contributed by atoms with Gasteiger partial charge in [0.05, 0.1) is 16.9 Å². The fourth-order valence-electron chi connectivity index (χ4n) is 7.37. The molecule has 1 heterocycles. The van der Waals surface area contributed by atoms with Gasteiger partial charge in [0.1, 0.15) is 17.5 Å². The Labute approximate surface area is 270 Å². The van der Waals surface area contributed by atoms with Gasteiger partial charge in [-0.1, -0.05) is 80.8 Å². The van der Waals surface area contributed by atoms with Crippen LogP contribution in [0.3, 0.4) is 0 Å². The number of carbonyl (C=O) groups is 3. The van der Waals surface area contributed by atoms with E-state index in [2.05, 4.69) is 41.5 Å².